The number of hydrogen-bond acceptors (Lipinski definition) is 1. The second-order valence-electron chi connectivity index (χ2n) is 5.46. The van der Waals surface area contributed by atoms with E-state index in [9.17, 15) is 0 Å². The van der Waals surface area contributed by atoms with Crippen LogP contribution in [0.3, 0.4) is 0 Å². The topological polar surface area (TPSA) is 17.8 Å². The van der Waals surface area contributed by atoms with E-state index in [0.717, 1.165) is 23.3 Å². The fourth-order valence-electron chi connectivity index (χ4n) is 2.79. The van der Waals surface area contributed by atoms with Crippen LogP contribution in [0.4, 0.5) is 0 Å². The molecule has 0 aliphatic rings. The Morgan fingerprint density at radius 1 is 1.00 bits per heavy atom. The molecule has 3 rings (SSSR count). The highest BCUT2D eigenvalue weighted by Crippen LogP contribution is 2.27. The lowest BCUT2D eigenvalue weighted by atomic mass is 10.1. The van der Waals surface area contributed by atoms with Crippen molar-refractivity contribution in [1.29, 1.82) is 0 Å². The molecule has 0 N–H and O–H groups in total. The molecule has 0 radical (unpaired) electrons. The predicted molar refractivity (Wildman–Crippen MR) is 89.7 cm³/mol. The number of aryl methyl sites for hydroxylation is 3. The van der Waals surface area contributed by atoms with E-state index in [1.54, 1.807) is 0 Å². The van der Waals surface area contributed by atoms with Crippen LogP contribution in [-0.2, 0) is 6.42 Å². The van der Waals surface area contributed by atoms with E-state index in [2.05, 4.69) is 61.7 Å². The summed E-state index contributed by atoms with van der Waals surface area (Å²) in [4.78, 5) is 4.83. The second kappa shape index (κ2) is 5.53. The van der Waals surface area contributed by atoms with Crippen molar-refractivity contribution < 1.29 is 0 Å². The van der Waals surface area contributed by atoms with E-state index in [4.69, 9.17) is 16.6 Å². The number of nitrogens with zero attached hydrogens (tertiary/aromatic N) is 2. The van der Waals surface area contributed by atoms with Gasteiger partial charge in [-0.25, -0.2) is 4.98 Å². The number of alkyl halides is 1. The first-order valence-electron chi connectivity index (χ1n) is 7.23. The van der Waals surface area contributed by atoms with Crippen molar-refractivity contribution in [1.82, 2.24) is 9.55 Å². The maximum atomic E-state index is 5.98. The van der Waals surface area contributed by atoms with Crippen LogP contribution in [0.15, 0.2) is 36.4 Å². The van der Waals surface area contributed by atoms with E-state index in [1.165, 1.54) is 22.4 Å². The third kappa shape index (κ3) is 2.34. The predicted octanol–water partition coefficient (Wildman–Crippen LogP) is 4.73. The Balaban J connectivity index is 2.37. The number of imidazole rings is 1. The largest absolute Gasteiger partial charge is 0.296 e. The first-order valence-corrected chi connectivity index (χ1v) is 7.76. The first-order chi connectivity index (χ1) is 10.1. The average molecular weight is 299 g/mol. The van der Waals surface area contributed by atoms with E-state index in [-0.39, 0.29) is 0 Å². The molecule has 3 aromatic rings. The zero-order valence-corrected chi connectivity index (χ0v) is 13.4. The lowest BCUT2D eigenvalue weighted by molar-refractivity contribution is 0.905. The molecule has 0 spiro atoms. The van der Waals surface area contributed by atoms with Gasteiger partial charge in [-0.15, -0.1) is 11.6 Å². The zero-order chi connectivity index (χ0) is 15.0. The van der Waals surface area contributed by atoms with E-state index < -0.39 is 0 Å². The summed E-state index contributed by atoms with van der Waals surface area (Å²) in [6.07, 6.45) is 0.767. The molecule has 0 fully saturated rings. The van der Waals surface area contributed by atoms with Crippen LogP contribution >= 0.6 is 11.6 Å². The van der Waals surface area contributed by atoms with E-state index in [1.807, 2.05) is 0 Å². The van der Waals surface area contributed by atoms with Gasteiger partial charge in [0.15, 0.2) is 0 Å². The summed E-state index contributed by atoms with van der Waals surface area (Å²) in [7, 11) is 0. The molecule has 0 unspecified atom stereocenters. The van der Waals surface area contributed by atoms with Gasteiger partial charge in [-0.05, 0) is 49.6 Å². The number of para-hydroxylation sites is 1. The summed E-state index contributed by atoms with van der Waals surface area (Å²) in [6.45, 7) is 6.41. The van der Waals surface area contributed by atoms with Gasteiger partial charge in [-0.2, -0.15) is 0 Å². The van der Waals surface area contributed by atoms with Gasteiger partial charge in [-0.1, -0.05) is 24.3 Å². The van der Waals surface area contributed by atoms with Gasteiger partial charge in [0.2, 0.25) is 0 Å². The summed E-state index contributed by atoms with van der Waals surface area (Å²) in [5.74, 6) is 1.61. The van der Waals surface area contributed by atoms with Gasteiger partial charge < -0.3 is 0 Å². The molecule has 0 atom stereocenters. The van der Waals surface area contributed by atoms with Crippen LogP contribution < -0.4 is 0 Å². The fourth-order valence-corrected chi connectivity index (χ4v) is 2.96. The Kier molecular flexibility index (Phi) is 3.73. The van der Waals surface area contributed by atoms with Gasteiger partial charge in [0.05, 0.1) is 16.7 Å². The Hall–Kier alpha value is -1.80. The molecule has 0 amide bonds. The van der Waals surface area contributed by atoms with Gasteiger partial charge in [0.1, 0.15) is 5.82 Å². The molecule has 108 valence electrons. The van der Waals surface area contributed by atoms with Gasteiger partial charge in [-0.3, -0.25) is 4.57 Å². The summed E-state index contributed by atoms with van der Waals surface area (Å²) in [5, 5.41) is 0. The summed E-state index contributed by atoms with van der Waals surface area (Å²) < 4.78 is 2.26. The minimum atomic E-state index is 0.577. The van der Waals surface area contributed by atoms with Gasteiger partial charge in [0, 0.05) is 12.3 Å². The highest BCUT2D eigenvalue weighted by Gasteiger charge is 2.15. The van der Waals surface area contributed by atoms with Crippen LogP contribution in [0.5, 0.6) is 0 Å². The number of rotatable bonds is 3. The maximum Gasteiger partial charge on any atom is 0.115 e. The first kappa shape index (κ1) is 14.2. The second-order valence-corrected chi connectivity index (χ2v) is 5.84. The molecule has 0 saturated heterocycles. The molecular formula is C18H19ClN2. The van der Waals surface area contributed by atoms with E-state index in [0.29, 0.717) is 5.88 Å². The maximum absolute atomic E-state index is 5.98. The molecule has 2 nitrogen and oxygen atoms in total. The number of fused-ring (bicyclic) bond motifs is 1. The van der Waals surface area contributed by atoms with Crippen LogP contribution in [0.25, 0.3) is 16.7 Å². The molecule has 1 aromatic heterocycles. The molecule has 21 heavy (non-hydrogen) atoms. The Morgan fingerprint density at radius 2 is 1.71 bits per heavy atom. The monoisotopic (exact) mass is 298 g/mol. The van der Waals surface area contributed by atoms with Gasteiger partial charge >= 0.3 is 0 Å². The van der Waals surface area contributed by atoms with Crippen molar-refractivity contribution in [2.75, 3.05) is 5.88 Å². The lowest BCUT2D eigenvalue weighted by Crippen LogP contribution is -2.04. The minimum Gasteiger partial charge on any atom is -0.296 e. The molecule has 0 saturated carbocycles. The van der Waals surface area contributed by atoms with Crippen LogP contribution in [-0.4, -0.2) is 15.4 Å². The van der Waals surface area contributed by atoms with E-state index >= 15 is 0 Å². The molecular weight excluding hydrogens is 280 g/mol. The zero-order valence-electron chi connectivity index (χ0n) is 12.7. The number of benzene rings is 2. The van der Waals surface area contributed by atoms with Gasteiger partial charge in [0.25, 0.3) is 0 Å². The minimum absolute atomic E-state index is 0.577. The highest BCUT2D eigenvalue weighted by atomic mass is 35.5. The fraction of sp³-hybridized carbons (Fsp3) is 0.278. The Bertz CT molecular complexity index is 802. The third-order valence-electron chi connectivity index (χ3n) is 4.09. The molecule has 1 heterocycles. The van der Waals surface area contributed by atoms with Crippen molar-refractivity contribution in [3.8, 4) is 5.69 Å². The van der Waals surface area contributed by atoms with Crippen molar-refractivity contribution in [2.45, 2.75) is 27.2 Å². The molecule has 0 bridgehead atoms. The SMILES string of the molecule is Cc1cccc(-n2c(CCCl)nc3c(C)cccc32)c1C. The molecule has 0 aliphatic carbocycles. The van der Waals surface area contributed by atoms with Crippen LogP contribution in [0, 0.1) is 20.8 Å². The standard InChI is InChI=1S/C18H19ClN2/c1-12-6-4-8-15(14(12)3)21-16-9-5-7-13(2)18(16)20-17(21)10-11-19/h4-9H,10-11H2,1-3H3. The van der Waals surface area contributed by atoms with Crippen LogP contribution in [0.1, 0.15) is 22.5 Å². The lowest BCUT2D eigenvalue weighted by Gasteiger charge is -2.13. The van der Waals surface area contributed by atoms with Crippen molar-refractivity contribution in [3.63, 3.8) is 0 Å². The average Bonchev–Trinajstić information content (AvgIpc) is 2.82. The number of aromatic nitrogens is 2. The quantitative estimate of drug-likeness (QED) is 0.639. The normalized spacial score (nSPS) is 11.2. The number of halogens is 1. The third-order valence-corrected chi connectivity index (χ3v) is 4.28. The van der Waals surface area contributed by atoms with Crippen molar-refractivity contribution >= 4 is 22.6 Å². The molecule has 3 heteroatoms. The summed E-state index contributed by atoms with van der Waals surface area (Å²) in [5.41, 5.74) is 7.20. The summed E-state index contributed by atoms with van der Waals surface area (Å²) in [6, 6.07) is 12.7. The smallest absolute Gasteiger partial charge is 0.115 e. The highest BCUT2D eigenvalue weighted by molar-refractivity contribution is 6.18. The molecule has 0 aliphatic heterocycles. The summed E-state index contributed by atoms with van der Waals surface area (Å²) >= 11 is 5.98. The molecule has 2 aromatic carbocycles. The van der Waals surface area contributed by atoms with Crippen LogP contribution in [0.2, 0.25) is 0 Å². The van der Waals surface area contributed by atoms with Crippen molar-refractivity contribution in [3.05, 3.63) is 58.9 Å². The van der Waals surface area contributed by atoms with Crippen molar-refractivity contribution in [2.24, 2.45) is 0 Å². The number of hydrogen-bond donors (Lipinski definition) is 0. The Morgan fingerprint density at radius 3 is 2.48 bits per heavy atom. The Labute approximate surface area is 130 Å².